The zero-order chi connectivity index (χ0) is 14.8. The second-order valence-corrected chi connectivity index (χ2v) is 6.08. The maximum atomic E-state index is 11.4. The molecule has 0 fully saturated rings. The SMILES string of the molecule is C[C@@H](NC1CCCc2[nH]c(=O)ccc21)c1ccc(Cl)cc1. The molecule has 0 aliphatic heterocycles. The first-order valence-electron chi connectivity index (χ1n) is 7.37. The average molecular weight is 303 g/mol. The van der Waals surface area contributed by atoms with Crippen LogP contribution in [0.1, 0.15) is 48.7 Å². The zero-order valence-corrected chi connectivity index (χ0v) is 12.8. The molecule has 0 radical (unpaired) electrons. The Morgan fingerprint density at radius 2 is 2.00 bits per heavy atom. The first kappa shape index (κ1) is 14.4. The van der Waals surface area contributed by atoms with Crippen LogP contribution in [-0.2, 0) is 6.42 Å². The highest BCUT2D eigenvalue weighted by Gasteiger charge is 2.22. The summed E-state index contributed by atoms with van der Waals surface area (Å²) in [5.74, 6) is 0. The summed E-state index contributed by atoms with van der Waals surface area (Å²) in [5.41, 5.74) is 3.51. The van der Waals surface area contributed by atoms with Crippen LogP contribution >= 0.6 is 11.6 Å². The maximum Gasteiger partial charge on any atom is 0.248 e. The number of aromatic nitrogens is 1. The fourth-order valence-electron chi connectivity index (χ4n) is 3.02. The Hall–Kier alpha value is -1.58. The summed E-state index contributed by atoms with van der Waals surface area (Å²) in [6.45, 7) is 2.16. The van der Waals surface area contributed by atoms with Crippen LogP contribution in [0.2, 0.25) is 5.02 Å². The summed E-state index contributed by atoms with van der Waals surface area (Å²) in [7, 11) is 0. The van der Waals surface area contributed by atoms with Crippen molar-refractivity contribution in [3.8, 4) is 0 Å². The minimum absolute atomic E-state index is 0.0138. The Bertz CT molecular complexity index is 678. The van der Waals surface area contributed by atoms with Gasteiger partial charge in [-0.25, -0.2) is 0 Å². The third kappa shape index (κ3) is 3.20. The molecule has 1 aliphatic rings. The second-order valence-electron chi connectivity index (χ2n) is 5.64. The van der Waals surface area contributed by atoms with Crippen molar-refractivity contribution < 1.29 is 0 Å². The molecule has 1 aromatic carbocycles. The van der Waals surface area contributed by atoms with Crippen LogP contribution in [0.3, 0.4) is 0 Å². The van der Waals surface area contributed by atoms with E-state index in [9.17, 15) is 4.79 Å². The molecule has 1 aromatic heterocycles. The standard InChI is InChI=1S/C17H19ClN2O/c1-11(12-5-7-13(18)8-6-12)19-15-3-2-4-16-14(15)9-10-17(21)20-16/h5-11,15,19H,2-4H2,1H3,(H,20,21)/t11-,15?/m1/s1. The Morgan fingerprint density at radius 1 is 1.24 bits per heavy atom. The van der Waals surface area contributed by atoms with Gasteiger partial charge in [0.15, 0.2) is 0 Å². The number of fused-ring (bicyclic) bond motifs is 1. The Kier molecular flexibility index (Phi) is 4.13. The molecule has 3 nitrogen and oxygen atoms in total. The molecule has 21 heavy (non-hydrogen) atoms. The summed E-state index contributed by atoms with van der Waals surface area (Å²) in [4.78, 5) is 14.4. The number of benzene rings is 1. The van der Waals surface area contributed by atoms with Gasteiger partial charge in [0.25, 0.3) is 0 Å². The van der Waals surface area contributed by atoms with Gasteiger partial charge in [-0.2, -0.15) is 0 Å². The normalized spacial score (nSPS) is 19.0. The number of H-pyrrole nitrogens is 1. The van der Waals surface area contributed by atoms with Crippen molar-refractivity contribution >= 4 is 11.6 Å². The molecule has 2 aromatic rings. The lowest BCUT2D eigenvalue weighted by molar-refractivity contribution is 0.411. The van der Waals surface area contributed by atoms with Crippen molar-refractivity contribution in [1.29, 1.82) is 0 Å². The summed E-state index contributed by atoms with van der Waals surface area (Å²) >= 11 is 5.94. The first-order chi connectivity index (χ1) is 10.1. The molecule has 4 heteroatoms. The zero-order valence-electron chi connectivity index (χ0n) is 12.0. The van der Waals surface area contributed by atoms with Gasteiger partial charge in [-0.15, -0.1) is 0 Å². The van der Waals surface area contributed by atoms with Crippen LogP contribution in [0.5, 0.6) is 0 Å². The van der Waals surface area contributed by atoms with Crippen LogP contribution in [0, 0.1) is 0 Å². The van der Waals surface area contributed by atoms with Gasteiger partial charge in [-0.3, -0.25) is 4.79 Å². The van der Waals surface area contributed by atoms with Gasteiger partial charge in [0.05, 0.1) is 0 Å². The van der Waals surface area contributed by atoms with E-state index in [1.807, 2.05) is 18.2 Å². The van der Waals surface area contributed by atoms with Crippen molar-refractivity contribution in [2.75, 3.05) is 0 Å². The molecule has 1 aliphatic carbocycles. The lowest BCUT2D eigenvalue weighted by atomic mass is 9.90. The van der Waals surface area contributed by atoms with E-state index >= 15 is 0 Å². The van der Waals surface area contributed by atoms with Gasteiger partial charge in [-0.1, -0.05) is 29.8 Å². The molecule has 2 N–H and O–H groups in total. The minimum Gasteiger partial charge on any atom is -0.326 e. The highest BCUT2D eigenvalue weighted by Crippen LogP contribution is 2.30. The fourth-order valence-corrected chi connectivity index (χ4v) is 3.15. The summed E-state index contributed by atoms with van der Waals surface area (Å²) < 4.78 is 0. The van der Waals surface area contributed by atoms with Crippen molar-refractivity contribution in [3.05, 3.63) is 68.6 Å². The lowest BCUT2D eigenvalue weighted by Crippen LogP contribution is -2.29. The minimum atomic E-state index is -0.0138. The van der Waals surface area contributed by atoms with E-state index in [0.717, 1.165) is 30.0 Å². The Labute approximate surface area is 129 Å². The van der Waals surface area contributed by atoms with E-state index in [1.165, 1.54) is 11.1 Å². The fraction of sp³-hybridized carbons (Fsp3) is 0.353. The summed E-state index contributed by atoms with van der Waals surface area (Å²) in [6.07, 6.45) is 3.15. The number of halogens is 1. The topological polar surface area (TPSA) is 44.9 Å². The maximum absolute atomic E-state index is 11.4. The number of pyridine rings is 1. The van der Waals surface area contributed by atoms with Gasteiger partial charge in [0.2, 0.25) is 5.56 Å². The summed E-state index contributed by atoms with van der Waals surface area (Å²) in [6, 6.07) is 12.0. The molecule has 0 amide bonds. The molecule has 0 saturated heterocycles. The lowest BCUT2D eigenvalue weighted by Gasteiger charge is -2.29. The first-order valence-corrected chi connectivity index (χ1v) is 7.75. The molecular weight excluding hydrogens is 284 g/mol. The van der Waals surface area contributed by atoms with E-state index in [-0.39, 0.29) is 17.6 Å². The van der Waals surface area contributed by atoms with Crippen LogP contribution in [0.4, 0.5) is 0 Å². The van der Waals surface area contributed by atoms with Crippen molar-refractivity contribution in [1.82, 2.24) is 10.3 Å². The van der Waals surface area contributed by atoms with Crippen molar-refractivity contribution in [2.45, 2.75) is 38.3 Å². The predicted molar refractivity (Wildman–Crippen MR) is 85.7 cm³/mol. The van der Waals surface area contributed by atoms with Gasteiger partial charge < -0.3 is 10.3 Å². The van der Waals surface area contributed by atoms with Gasteiger partial charge in [0.1, 0.15) is 0 Å². The van der Waals surface area contributed by atoms with Gasteiger partial charge in [-0.05, 0) is 49.4 Å². The van der Waals surface area contributed by atoms with E-state index in [0.29, 0.717) is 0 Å². The third-order valence-electron chi connectivity index (χ3n) is 4.15. The molecule has 3 rings (SSSR count). The van der Waals surface area contributed by atoms with Crippen LogP contribution < -0.4 is 10.9 Å². The number of rotatable bonds is 3. The molecule has 1 heterocycles. The molecule has 110 valence electrons. The second kappa shape index (κ2) is 6.04. The number of aryl methyl sites for hydroxylation is 1. The third-order valence-corrected chi connectivity index (χ3v) is 4.40. The molecule has 0 spiro atoms. The van der Waals surface area contributed by atoms with Crippen LogP contribution in [0.15, 0.2) is 41.2 Å². The van der Waals surface area contributed by atoms with E-state index in [4.69, 9.17) is 11.6 Å². The highest BCUT2D eigenvalue weighted by atomic mass is 35.5. The van der Waals surface area contributed by atoms with E-state index in [1.54, 1.807) is 6.07 Å². The van der Waals surface area contributed by atoms with Gasteiger partial charge in [0, 0.05) is 28.9 Å². The monoisotopic (exact) mass is 302 g/mol. The van der Waals surface area contributed by atoms with Gasteiger partial charge >= 0.3 is 0 Å². The average Bonchev–Trinajstić information content (AvgIpc) is 2.47. The number of nitrogens with one attached hydrogen (secondary N) is 2. The smallest absolute Gasteiger partial charge is 0.248 e. The largest absolute Gasteiger partial charge is 0.326 e. The highest BCUT2D eigenvalue weighted by molar-refractivity contribution is 6.30. The molecule has 0 bridgehead atoms. The van der Waals surface area contributed by atoms with Crippen LogP contribution in [0.25, 0.3) is 0 Å². The van der Waals surface area contributed by atoms with E-state index < -0.39 is 0 Å². The van der Waals surface area contributed by atoms with Crippen molar-refractivity contribution in [3.63, 3.8) is 0 Å². The predicted octanol–water partition coefficient (Wildman–Crippen LogP) is 3.76. The number of hydrogen-bond donors (Lipinski definition) is 2. The Balaban J connectivity index is 1.80. The molecule has 0 saturated carbocycles. The Morgan fingerprint density at radius 3 is 2.76 bits per heavy atom. The van der Waals surface area contributed by atoms with E-state index in [2.05, 4.69) is 29.4 Å². The van der Waals surface area contributed by atoms with Crippen LogP contribution in [-0.4, -0.2) is 4.98 Å². The molecule has 2 atom stereocenters. The van der Waals surface area contributed by atoms with Crippen molar-refractivity contribution in [2.24, 2.45) is 0 Å². The molecule has 1 unspecified atom stereocenters. The quantitative estimate of drug-likeness (QED) is 0.907. The number of hydrogen-bond acceptors (Lipinski definition) is 2. The molecular formula is C17H19ClN2O. The number of aromatic amines is 1. The summed E-state index contributed by atoms with van der Waals surface area (Å²) in [5, 5.41) is 4.42.